The van der Waals surface area contributed by atoms with Crippen LogP contribution in [0.1, 0.15) is 12.8 Å². The minimum atomic E-state index is 0.110. The predicted octanol–water partition coefficient (Wildman–Crippen LogP) is 1.04. The van der Waals surface area contributed by atoms with Crippen LogP contribution in [-0.2, 0) is 4.79 Å². The lowest BCUT2D eigenvalue weighted by molar-refractivity contribution is -0.122. The van der Waals surface area contributed by atoms with Crippen LogP contribution in [0.2, 0.25) is 0 Å². The number of amides is 1. The van der Waals surface area contributed by atoms with Crippen LogP contribution >= 0.6 is 0 Å². The van der Waals surface area contributed by atoms with Gasteiger partial charge in [-0.2, -0.15) is 0 Å². The summed E-state index contributed by atoms with van der Waals surface area (Å²) in [6.45, 7) is 1.82. The minimum absolute atomic E-state index is 0.110. The first-order valence-electron chi connectivity index (χ1n) is 5.67. The van der Waals surface area contributed by atoms with E-state index < -0.39 is 0 Å². The number of pyridine rings is 1. The van der Waals surface area contributed by atoms with Crippen LogP contribution in [0.5, 0.6) is 0 Å². The molecule has 4 nitrogen and oxygen atoms in total. The monoisotopic (exact) mass is 219 g/mol. The third-order valence-corrected chi connectivity index (χ3v) is 3.01. The third-order valence-electron chi connectivity index (χ3n) is 3.01. The Morgan fingerprint density at radius 1 is 1.62 bits per heavy atom. The number of aromatic nitrogens is 1. The fourth-order valence-electron chi connectivity index (χ4n) is 2.02. The van der Waals surface area contributed by atoms with Gasteiger partial charge >= 0.3 is 0 Å². The molecule has 0 bridgehead atoms. The van der Waals surface area contributed by atoms with Crippen molar-refractivity contribution in [3.05, 3.63) is 24.5 Å². The molecule has 1 aromatic rings. The standard InChI is InChI=1S/C12H17N3O/c1-15(11-5-3-7-14-9-11)12(16)10-4-2-6-13-8-10/h3,5,7,9-10,13H,2,4,6,8H2,1H3/t10-/m0/s1. The molecule has 1 fully saturated rings. The molecule has 1 aliphatic heterocycles. The van der Waals surface area contributed by atoms with E-state index in [-0.39, 0.29) is 11.8 Å². The van der Waals surface area contributed by atoms with Crippen molar-refractivity contribution in [3.63, 3.8) is 0 Å². The molecular weight excluding hydrogens is 202 g/mol. The summed E-state index contributed by atoms with van der Waals surface area (Å²) in [4.78, 5) is 17.9. The lowest BCUT2D eigenvalue weighted by atomic mass is 9.98. The third kappa shape index (κ3) is 2.39. The van der Waals surface area contributed by atoms with Gasteiger partial charge in [0.15, 0.2) is 0 Å². The van der Waals surface area contributed by atoms with Gasteiger partial charge in [-0.25, -0.2) is 0 Å². The Bertz CT molecular complexity index is 347. The van der Waals surface area contributed by atoms with Gasteiger partial charge in [-0.15, -0.1) is 0 Å². The Morgan fingerprint density at radius 2 is 2.50 bits per heavy atom. The molecule has 1 N–H and O–H groups in total. The van der Waals surface area contributed by atoms with Gasteiger partial charge in [0, 0.05) is 19.8 Å². The Kier molecular flexibility index (Phi) is 3.51. The molecule has 0 spiro atoms. The van der Waals surface area contributed by atoms with Crippen molar-refractivity contribution in [2.75, 3.05) is 25.0 Å². The van der Waals surface area contributed by atoms with E-state index in [1.807, 2.05) is 19.2 Å². The van der Waals surface area contributed by atoms with Gasteiger partial charge < -0.3 is 10.2 Å². The van der Waals surface area contributed by atoms with Crippen LogP contribution in [0, 0.1) is 5.92 Å². The molecule has 1 saturated heterocycles. The molecule has 1 aliphatic rings. The van der Waals surface area contributed by atoms with E-state index in [2.05, 4.69) is 10.3 Å². The maximum absolute atomic E-state index is 12.2. The summed E-state index contributed by atoms with van der Waals surface area (Å²) in [5.74, 6) is 0.291. The molecule has 0 aromatic carbocycles. The lowest BCUT2D eigenvalue weighted by Gasteiger charge is -2.26. The molecule has 0 saturated carbocycles. The van der Waals surface area contributed by atoms with Crippen molar-refractivity contribution >= 4 is 11.6 Å². The largest absolute Gasteiger partial charge is 0.316 e. The number of carbonyl (C=O) groups is 1. The summed E-state index contributed by atoms with van der Waals surface area (Å²) in [7, 11) is 1.81. The fourth-order valence-corrected chi connectivity index (χ4v) is 2.02. The highest BCUT2D eigenvalue weighted by atomic mass is 16.2. The van der Waals surface area contributed by atoms with Gasteiger partial charge in [0.25, 0.3) is 0 Å². The molecule has 0 unspecified atom stereocenters. The number of hydrogen-bond donors (Lipinski definition) is 1. The Hall–Kier alpha value is -1.42. The molecule has 0 radical (unpaired) electrons. The molecule has 2 heterocycles. The summed E-state index contributed by atoms with van der Waals surface area (Å²) < 4.78 is 0. The first-order chi connectivity index (χ1) is 7.79. The lowest BCUT2D eigenvalue weighted by Crippen LogP contribution is -2.41. The maximum atomic E-state index is 12.2. The van der Waals surface area contributed by atoms with Gasteiger partial charge in [0.05, 0.1) is 17.8 Å². The Labute approximate surface area is 95.7 Å². The number of hydrogen-bond acceptors (Lipinski definition) is 3. The van der Waals surface area contributed by atoms with Crippen LogP contribution < -0.4 is 10.2 Å². The van der Waals surface area contributed by atoms with E-state index in [0.717, 1.165) is 31.6 Å². The van der Waals surface area contributed by atoms with E-state index in [4.69, 9.17) is 0 Å². The van der Waals surface area contributed by atoms with Crippen LogP contribution in [0.4, 0.5) is 5.69 Å². The Morgan fingerprint density at radius 3 is 3.12 bits per heavy atom. The SMILES string of the molecule is CN(C(=O)[C@H]1CCCNC1)c1cccnc1. The summed E-state index contributed by atoms with van der Waals surface area (Å²) in [6, 6.07) is 3.75. The molecule has 0 aliphatic carbocycles. The molecule has 2 rings (SSSR count). The van der Waals surface area contributed by atoms with E-state index in [9.17, 15) is 4.79 Å². The average Bonchev–Trinajstić information content (AvgIpc) is 2.39. The van der Waals surface area contributed by atoms with Crippen molar-refractivity contribution in [1.82, 2.24) is 10.3 Å². The van der Waals surface area contributed by atoms with Gasteiger partial charge in [-0.05, 0) is 31.5 Å². The first-order valence-corrected chi connectivity index (χ1v) is 5.67. The molecular formula is C12H17N3O. The number of piperidine rings is 1. The number of rotatable bonds is 2. The first kappa shape index (κ1) is 11.1. The average molecular weight is 219 g/mol. The second kappa shape index (κ2) is 5.07. The van der Waals surface area contributed by atoms with Crippen molar-refractivity contribution in [1.29, 1.82) is 0 Å². The summed E-state index contributed by atoms with van der Waals surface area (Å²) >= 11 is 0. The molecule has 1 aromatic heterocycles. The van der Waals surface area contributed by atoms with Crippen LogP contribution in [0.3, 0.4) is 0 Å². The summed E-state index contributed by atoms with van der Waals surface area (Å²) in [6.07, 6.45) is 5.49. The molecule has 1 amide bonds. The van der Waals surface area contributed by atoms with Crippen molar-refractivity contribution < 1.29 is 4.79 Å². The van der Waals surface area contributed by atoms with Gasteiger partial charge in [0.1, 0.15) is 0 Å². The highest BCUT2D eigenvalue weighted by Crippen LogP contribution is 2.17. The topological polar surface area (TPSA) is 45.2 Å². The summed E-state index contributed by atoms with van der Waals surface area (Å²) in [5, 5.41) is 3.26. The van der Waals surface area contributed by atoms with Crippen LogP contribution in [0.15, 0.2) is 24.5 Å². The van der Waals surface area contributed by atoms with Gasteiger partial charge in [0.2, 0.25) is 5.91 Å². The maximum Gasteiger partial charge on any atom is 0.231 e. The van der Waals surface area contributed by atoms with E-state index in [1.165, 1.54) is 0 Å². The minimum Gasteiger partial charge on any atom is -0.316 e. The van der Waals surface area contributed by atoms with Crippen molar-refractivity contribution in [2.24, 2.45) is 5.92 Å². The number of nitrogens with zero attached hydrogens (tertiary/aromatic N) is 2. The smallest absolute Gasteiger partial charge is 0.231 e. The zero-order chi connectivity index (χ0) is 11.4. The molecule has 16 heavy (non-hydrogen) atoms. The van der Waals surface area contributed by atoms with E-state index >= 15 is 0 Å². The molecule has 1 atom stereocenters. The van der Waals surface area contributed by atoms with Gasteiger partial charge in [-0.1, -0.05) is 0 Å². The quantitative estimate of drug-likeness (QED) is 0.808. The second-order valence-corrected chi connectivity index (χ2v) is 4.15. The summed E-state index contributed by atoms with van der Waals surface area (Å²) in [5.41, 5.74) is 0.859. The predicted molar refractivity (Wildman–Crippen MR) is 63.2 cm³/mol. The number of nitrogens with one attached hydrogen (secondary N) is 1. The van der Waals surface area contributed by atoms with Crippen LogP contribution in [0.25, 0.3) is 0 Å². The zero-order valence-electron chi connectivity index (χ0n) is 9.52. The van der Waals surface area contributed by atoms with Crippen LogP contribution in [-0.4, -0.2) is 31.0 Å². The highest BCUT2D eigenvalue weighted by Gasteiger charge is 2.24. The van der Waals surface area contributed by atoms with Gasteiger partial charge in [-0.3, -0.25) is 9.78 Å². The highest BCUT2D eigenvalue weighted by molar-refractivity contribution is 5.94. The normalized spacial score (nSPS) is 20.4. The van der Waals surface area contributed by atoms with E-state index in [1.54, 1.807) is 17.3 Å². The number of carbonyl (C=O) groups excluding carboxylic acids is 1. The number of anilines is 1. The van der Waals surface area contributed by atoms with Crippen molar-refractivity contribution in [2.45, 2.75) is 12.8 Å². The van der Waals surface area contributed by atoms with E-state index in [0.29, 0.717) is 0 Å². The second-order valence-electron chi connectivity index (χ2n) is 4.15. The zero-order valence-corrected chi connectivity index (χ0v) is 9.52. The van der Waals surface area contributed by atoms with Crippen molar-refractivity contribution in [3.8, 4) is 0 Å². The Balaban J connectivity index is 2.04. The fraction of sp³-hybridized carbons (Fsp3) is 0.500. The molecule has 4 heteroatoms. The molecule has 86 valence electrons.